The van der Waals surface area contributed by atoms with Gasteiger partial charge in [0.1, 0.15) is 12.4 Å². The minimum atomic E-state index is 0.296. The predicted molar refractivity (Wildman–Crippen MR) is 115 cm³/mol. The number of hydrogen-bond acceptors (Lipinski definition) is 3. The van der Waals surface area contributed by atoms with Crippen molar-refractivity contribution >= 4 is 5.69 Å². The van der Waals surface area contributed by atoms with Gasteiger partial charge in [-0.1, -0.05) is 42.0 Å². The molecule has 0 bridgehead atoms. The Morgan fingerprint density at radius 1 is 1.07 bits per heavy atom. The van der Waals surface area contributed by atoms with Crippen LogP contribution in [0.3, 0.4) is 0 Å². The number of rotatable bonds is 6. The Balaban J connectivity index is 1.71. The van der Waals surface area contributed by atoms with Crippen LogP contribution < -0.4 is 10.1 Å². The zero-order chi connectivity index (χ0) is 19.7. The summed E-state index contributed by atoms with van der Waals surface area (Å²) in [4.78, 5) is 0. The minimum absolute atomic E-state index is 0.296. The van der Waals surface area contributed by atoms with Crippen molar-refractivity contribution in [3.8, 4) is 5.75 Å². The van der Waals surface area contributed by atoms with E-state index in [0.29, 0.717) is 31.1 Å². The number of fused-ring (bicyclic) bond motifs is 3. The molecule has 148 valence electrons. The summed E-state index contributed by atoms with van der Waals surface area (Å²) in [5.41, 5.74) is 8.02. The van der Waals surface area contributed by atoms with Crippen molar-refractivity contribution in [3.05, 3.63) is 70.3 Å². The number of para-hydroxylation sites is 1. The summed E-state index contributed by atoms with van der Waals surface area (Å²) in [5, 5.41) is 3.89. The molecule has 1 aliphatic heterocycles. The van der Waals surface area contributed by atoms with Gasteiger partial charge in [0.05, 0.1) is 18.3 Å². The number of benzene rings is 2. The van der Waals surface area contributed by atoms with E-state index in [1.807, 2.05) is 6.92 Å². The van der Waals surface area contributed by atoms with Crippen LogP contribution in [-0.4, -0.2) is 19.8 Å². The Hall–Kier alpha value is -2.26. The third kappa shape index (κ3) is 3.44. The molecule has 2 aromatic carbocycles. The van der Waals surface area contributed by atoms with Gasteiger partial charge >= 0.3 is 0 Å². The van der Waals surface area contributed by atoms with Gasteiger partial charge in [-0.15, -0.1) is 0 Å². The molecule has 0 amide bonds. The molecule has 3 unspecified atom stereocenters. The van der Waals surface area contributed by atoms with Gasteiger partial charge in [0.15, 0.2) is 0 Å². The van der Waals surface area contributed by atoms with Crippen LogP contribution in [0.5, 0.6) is 5.75 Å². The molecule has 0 radical (unpaired) electrons. The third-order valence-electron chi connectivity index (χ3n) is 6.10. The van der Waals surface area contributed by atoms with Gasteiger partial charge in [0.25, 0.3) is 0 Å². The molecule has 1 N–H and O–H groups in total. The first kappa shape index (κ1) is 19.1. The molecule has 28 heavy (non-hydrogen) atoms. The van der Waals surface area contributed by atoms with Crippen molar-refractivity contribution in [2.45, 2.75) is 46.1 Å². The highest BCUT2D eigenvalue weighted by atomic mass is 16.5. The molecule has 0 aromatic heterocycles. The van der Waals surface area contributed by atoms with Crippen molar-refractivity contribution < 1.29 is 9.47 Å². The van der Waals surface area contributed by atoms with Crippen LogP contribution in [-0.2, 0) is 4.74 Å². The monoisotopic (exact) mass is 377 g/mol. The fraction of sp³-hybridized carbons (Fsp3) is 0.440. The van der Waals surface area contributed by atoms with E-state index in [9.17, 15) is 0 Å². The Bertz CT molecular complexity index is 863. The molecule has 3 atom stereocenters. The van der Waals surface area contributed by atoms with Crippen LogP contribution in [0.25, 0.3) is 0 Å². The highest BCUT2D eigenvalue weighted by molar-refractivity contribution is 5.68. The van der Waals surface area contributed by atoms with Gasteiger partial charge in [-0.05, 0) is 68.4 Å². The molecule has 1 aliphatic carbocycles. The molecular formula is C25H31NO2. The topological polar surface area (TPSA) is 30.5 Å². The van der Waals surface area contributed by atoms with Crippen LogP contribution in [0.1, 0.15) is 53.1 Å². The maximum Gasteiger partial charge on any atom is 0.142 e. The van der Waals surface area contributed by atoms with E-state index in [2.05, 4.69) is 68.6 Å². The summed E-state index contributed by atoms with van der Waals surface area (Å²) in [6.07, 6.45) is 5.85. The molecule has 0 saturated heterocycles. The van der Waals surface area contributed by atoms with E-state index < -0.39 is 0 Å². The first-order valence-electron chi connectivity index (χ1n) is 10.4. The summed E-state index contributed by atoms with van der Waals surface area (Å²) in [7, 11) is 0. The second kappa shape index (κ2) is 8.00. The molecule has 0 fully saturated rings. The molecule has 4 rings (SSSR count). The molecule has 2 aromatic rings. The maximum atomic E-state index is 6.11. The molecule has 0 saturated carbocycles. The normalized spacial score (nSPS) is 22.5. The van der Waals surface area contributed by atoms with E-state index in [-0.39, 0.29) is 0 Å². The van der Waals surface area contributed by atoms with E-state index in [0.717, 1.165) is 24.5 Å². The van der Waals surface area contributed by atoms with Crippen molar-refractivity contribution in [3.63, 3.8) is 0 Å². The number of ether oxygens (including phenoxy) is 2. The lowest BCUT2D eigenvalue weighted by atomic mass is 9.75. The van der Waals surface area contributed by atoms with Crippen molar-refractivity contribution in [2.75, 3.05) is 25.1 Å². The number of aryl methyl sites for hydroxylation is 3. The molecule has 3 nitrogen and oxygen atoms in total. The SMILES string of the molecule is CCOCCOc1cccc2c1NC(c1c(C)cc(C)cc1C)C1CC=CC21. The maximum absolute atomic E-state index is 6.11. The molecule has 2 aliphatic rings. The van der Waals surface area contributed by atoms with E-state index in [4.69, 9.17) is 9.47 Å². The summed E-state index contributed by atoms with van der Waals surface area (Å²) in [6.45, 7) is 10.6. The number of anilines is 1. The summed E-state index contributed by atoms with van der Waals surface area (Å²) >= 11 is 0. The lowest BCUT2D eigenvalue weighted by Crippen LogP contribution is -2.30. The number of hydrogen-bond donors (Lipinski definition) is 1. The fourth-order valence-electron chi connectivity index (χ4n) is 5.04. The van der Waals surface area contributed by atoms with Crippen LogP contribution in [0.4, 0.5) is 5.69 Å². The van der Waals surface area contributed by atoms with Crippen LogP contribution >= 0.6 is 0 Å². The number of allylic oxidation sites excluding steroid dienone is 2. The second-order valence-electron chi connectivity index (χ2n) is 8.05. The first-order valence-corrected chi connectivity index (χ1v) is 10.4. The lowest BCUT2D eigenvalue weighted by molar-refractivity contribution is 0.110. The zero-order valence-corrected chi connectivity index (χ0v) is 17.4. The standard InChI is InChI=1S/C25H31NO2/c1-5-27-12-13-28-22-11-7-10-20-19-8-6-9-21(19)25(26-24(20)22)23-17(3)14-16(2)15-18(23)4/h6-8,10-11,14-15,19,21,25-26H,5,9,12-13H2,1-4H3. The molecule has 3 heteroatoms. The summed E-state index contributed by atoms with van der Waals surface area (Å²) in [6, 6.07) is 11.3. The van der Waals surface area contributed by atoms with Gasteiger partial charge in [0, 0.05) is 12.5 Å². The van der Waals surface area contributed by atoms with Crippen LogP contribution in [0, 0.1) is 26.7 Å². The highest BCUT2D eigenvalue weighted by Crippen LogP contribution is 2.53. The lowest BCUT2D eigenvalue weighted by Gasteiger charge is -2.39. The third-order valence-corrected chi connectivity index (χ3v) is 6.10. The zero-order valence-electron chi connectivity index (χ0n) is 17.4. The Kier molecular flexibility index (Phi) is 5.45. The largest absolute Gasteiger partial charge is 0.489 e. The average Bonchev–Trinajstić information content (AvgIpc) is 3.15. The minimum Gasteiger partial charge on any atom is -0.489 e. The summed E-state index contributed by atoms with van der Waals surface area (Å²) in [5.74, 6) is 1.92. The van der Waals surface area contributed by atoms with E-state index >= 15 is 0 Å². The Labute approximate surface area is 168 Å². The highest BCUT2D eigenvalue weighted by Gasteiger charge is 2.40. The quantitative estimate of drug-likeness (QED) is 0.506. The first-order chi connectivity index (χ1) is 13.6. The van der Waals surface area contributed by atoms with Crippen LogP contribution in [0.15, 0.2) is 42.5 Å². The molecule has 1 heterocycles. The van der Waals surface area contributed by atoms with Crippen molar-refractivity contribution in [1.82, 2.24) is 0 Å². The van der Waals surface area contributed by atoms with Gasteiger partial charge in [0.2, 0.25) is 0 Å². The van der Waals surface area contributed by atoms with Gasteiger partial charge in [-0.2, -0.15) is 0 Å². The smallest absolute Gasteiger partial charge is 0.142 e. The second-order valence-corrected chi connectivity index (χ2v) is 8.05. The molecular weight excluding hydrogens is 346 g/mol. The van der Waals surface area contributed by atoms with Gasteiger partial charge in [-0.25, -0.2) is 0 Å². The number of nitrogens with one attached hydrogen (secondary N) is 1. The van der Waals surface area contributed by atoms with Gasteiger partial charge in [-0.3, -0.25) is 0 Å². The molecule has 0 spiro atoms. The van der Waals surface area contributed by atoms with Crippen LogP contribution in [0.2, 0.25) is 0 Å². The average molecular weight is 378 g/mol. The van der Waals surface area contributed by atoms with Crippen molar-refractivity contribution in [2.24, 2.45) is 5.92 Å². The van der Waals surface area contributed by atoms with Crippen molar-refractivity contribution in [1.29, 1.82) is 0 Å². The summed E-state index contributed by atoms with van der Waals surface area (Å²) < 4.78 is 11.6. The van der Waals surface area contributed by atoms with E-state index in [1.165, 1.54) is 27.8 Å². The van der Waals surface area contributed by atoms with E-state index in [1.54, 1.807) is 0 Å². The fourth-order valence-corrected chi connectivity index (χ4v) is 5.04. The Morgan fingerprint density at radius 2 is 1.86 bits per heavy atom. The Morgan fingerprint density at radius 3 is 2.61 bits per heavy atom. The van der Waals surface area contributed by atoms with Gasteiger partial charge < -0.3 is 14.8 Å². The predicted octanol–water partition coefficient (Wildman–Crippen LogP) is 5.85.